The van der Waals surface area contributed by atoms with Gasteiger partial charge in [0.2, 0.25) is 5.96 Å². The van der Waals surface area contributed by atoms with Crippen LogP contribution >= 0.6 is 23.1 Å². The molecule has 1 aromatic heterocycles. The van der Waals surface area contributed by atoms with Crippen LogP contribution in [0, 0.1) is 5.82 Å². The Morgan fingerprint density at radius 2 is 1.93 bits per heavy atom. The molecule has 0 spiro atoms. The minimum Gasteiger partial charge on any atom is -0.350 e. The van der Waals surface area contributed by atoms with Crippen LogP contribution in [0.1, 0.15) is 5.69 Å². The summed E-state index contributed by atoms with van der Waals surface area (Å²) in [5.41, 5.74) is 1.90. The average molecular weight is 423 g/mol. The quantitative estimate of drug-likeness (QED) is 0.669. The Labute approximate surface area is 163 Å². The first-order chi connectivity index (χ1) is 13.0. The molecule has 0 fully saturated rings. The number of hydrogen-bond acceptors (Lipinski definition) is 6. The molecule has 1 aliphatic heterocycles. The van der Waals surface area contributed by atoms with Crippen LogP contribution in [0.4, 0.5) is 10.1 Å². The molecule has 0 bridgehead atoms. The maximum Gasteiger partial charge on any atom is 0.287 e. The largest absolute Gasteiger partial charge is 0.350 e. The Morgan fingerprint density at radius 3 is 2.70 bits per heavy atom. The first kappa shape index (κ1) is 17.9. The van der Waals surface area contributed by atoms with Crippen LogP contribution in [0.2, 0.25) is 5.02 Å². The van der Waals surface area contributed by atoms with Crippen LogP contribution in [-0.4, -0.2) is 18.8 Å². The van der Waals surface area contributed by atoms with E-state index in [0.29, 0.717) is 23.4 Å². The number of guanidine groups is 1. The molecule has 0 radical (unpaired) electrons. The second-order valence-electron chi connectivity index (χ2n) is 5.66. The lowest BCUT2D eigenvalue weighted by molar-refractivity contribution is 0.597. The Morgan fingerprint density at radius 1 is 1.15 bits per heavy atom. The molecular formula is C17H12ClFN4O2S2. The number of halogens is 2. The zero-order valence-electron chi connectivity index (χ0n) is 13.6. The summed E-state index contributed by atoms with van der Waals surface area (Å²) in [6.07, 6.45) is 0. The van der Waals surface area contributed by atoms with Crippen molar-refractivity contribution in [1.82, 2.24) is 9.69 Å². The molecule has 2 N–H and O–H groups in total. The van der Waals surface area contributed by atoms with Crippen molar-refractivity contribution in [1.29, 1.82) is 0 Å². The van der Waals surface area contributed by atoms with Crippen molar-refractivity contribution >= 4 is 44.8 Å². The van der Waals surface area contributed by atoms with E-state index in [1.165, 1.54) is 29.7 Å². The number of benzene rings is 2. The monoisotopic (exact) mass is 422 g/mol. The Balaban J connectivity index is 1.76. The third-order valence-electron chi connectivity index (χ3n) is 3.93. The molecular weight excluding hydrogens is 411 g/mol. The van der Waals surface area contributed by atoms with Crippen LogP contribution in [-0.2, 0) is 16.6 Å². The Kier molecular flexibility index (Phi) is 4.58. The summed E-state index contributed by atoms with van der Waals surface area (Å²) in [6, 6.07) is 10.9. The predicted octanol–water partition coefficient (Wildman–Crippen LogP) is 3.86. The van der Waals surface area contributed by atoms with Gasteiger partial charge < -0.3 is 10.6 Å². The van der Waals surface area contributed by atoms with E-state index < -0.39 is 15.8 Å². The highest BCUT2D eigenvalue weighted by atomic mass is 35.5. The van der Waals surface area contributed by atoms with E-state index in [-0.39, 0.29) is 15.9 Å². The Hall–Kier alpha value is -2.49. The summed E-state index contributed by atoms with van der Waals surface area (Å²) < 4.78 is 47.0. The van der Waals surface area contributed by atoms with E-state index in [1.54, 1.807) is 18.2 Å². The van der Waals surface area contributed by atoms with E-state index in [1.807, 2.05) is 11.4 Å². The van der Waals surface area contributed by atoms with E-state index in [4.69, 9.17) is 11.6 Å². The van der Waals surface area contributed by atoms with Crippen LogP contribution < -0.4 is 10.6 Å². The molecule has 138 valence electrons. The van der Waals surface area contributed by atoms with Crippen molar-refractivity contribution in [3.8, 4) is 11.1 Å². The summed E-state index contributed by atoms with van der Waals surface area (Å²) in [7, 11) is -3.93. The molecule has 3 aromatic rings. The molecule has 0 saturated heterocycles. The molecule has 0 saturated carbocycles. The molecule has 0 aliphatic carbocycles. The highest BCUT2D eigenvalue weighted by molar-refractivity contribution is 7.90. The highest BCUT2D eigenvalue weighted by Crippen LogP contribution is 2.39. The number of nitrogens with zero attached hydrogens (tertiary/aromatic N) is 2. The van der Waals surface area contributed by atoms with Crippen molar-refractivity contribution < 1.29 is 12.8 Å². The van der Waals surface area contributed by atoms with Gasteiger partial charge in [0.05, 0.1) is 22.9 Å². The number of hydrogen-bond donors (Lipinski definition) is 2. The number of anilines is 1. The van der Waals surface area contributed by atoms with Gasteiger partial charge in [-0.3, -0.25) is 0 Å². The molecule has 1 aliphatic rings. The predicted molar refractivity (Wildman–Crippen MR) is 104 cm³/mol. The third-order valence-corrected chi connectivity index (χ3v) is 6.23. The van der Waals surface area contributed by atoms with Gasteiger partial charge in [0, 0.05) is 16.5 Å². The highest BCUT2D eigenvalue weighted by Gasteiger charge is 2.28. The van der Waals surface area contributed by atoms with Crippen molar-refractivity contribution in [2.24, 2.45) is 4.40 Å². The lowest BCUT2D eigenvalue weighted by atomic mass is 10.0. The number of rotatable bonds is 3. The molecule has 0 unspecified atom stereocenters. The van der Waals surface area contributed by atoms with E-state index in [9.17, 15) is 12.8 Å². The molecule has 6 nitrogen and oxygen atoms in total. The van der Waals surface area contributed by atoms with Gasteiger partial charge in [-0.2, -0.15) is 12.8 Å². The maximum absolute atomic E-state index is 13.9. The molecule has 27 heavy (non-hydrogen) atoms. The van der Waals surface area contributed by atoms with Gasteiger partial charge in [0.25, 0.3) is 10.0 Å². The van der Waals surface area contributed by atoms with E-state index in [2.05, 4.69) is 19.4 Å². The van der Waals surface area contributed by atoms with E-state index in [0.717, 1.165) is 5.69 Å². The van der Waals surface area contributed by atoms with Crippen LogP contribution in [0.3, 0.4) is 0 Å². The van der Waals surface area contributed by atoms with Crippen LogP contribution in [0.15, 0.2) is 57.1 Å². The summed E-state index contributed by atoms with van der Waals surface area (Å²) in [5.74, 6) is -0.517. The van der Waals surface area contributed by atoms with Gasteiger partial charge in [0.1, 0.15) is 10.7 Å². The second kappa shape index (κ2) is 6.91. The van der Waals surface area contributed by atoms with Crippen molar-refractivity contribution in [3.05, 3.63) is 64.4 Å². The third kappa shape index (κ3) is 3.41. The summed E-state index contributed by atoms with van der Waals surface area (Å²) in [6.45, 7) is 0.309. The fraction of sp³-hybridized carbons (Fsp3) is 0.0588. The first-order valence-electron chi connectivity index (χ1n) is 7.78. The van der Waals surface area contributed by atoms with Gasteiger partial charge in [-0.1, -0.05) is 35.9 Å². The van der Waals surface area contributed by atoms with Gasteiger partial charge in [-0.15, -0.1) is 4.40 Å². The normalized spacial score (nSPS) is 14.8. The Bertz CT molecular complexity index is 1150. The van der Waals surface area contributed by atoms with Gasteiger partial charge in [-0.05, 0) is 29.7 Å². The minimum atomic E-state index is -3.93. The fourth-order valence-electron chi connectivity index (χ4n) is 2.70. The molecule has 2 aromatic carbocycles. The van der Waals surface area contributed by atoms with Gasteiger partial charge in [-0.25, -0.2) is 4.39 Å². The number of para-hydroxylation sites is 1. The van der Waals surface area contributed by atoms with Gasteiger partial charge >= 0.3 is 0 Å². The maximum atomic E-state index is 13.9. The lowest BCUT2D eigenvalue weighted by Gasteiger charge is -2.22. The SMILES string of the molecule is O=S1(=O)N=C(NCc2ccsn2)Nc2c(-c3cccc(F)c3Cl)cccc21. The average Bonchev–Trinajstić information content (AvgIpc) is 3.15. The zero-order valence-corrected chi connectivity index (χ0v) is 16.0. The fourth-order valence-corrected chi connectivity index (χ4v) is 4.59. The van der Waals surface area contributed by atoms with Crippen molar-refractivity contribution in [3.63, 3.8) is 0 Å². The molecule has 0 amide bonds. The smallest absolute Gasteiger partial charge is 0.287 e. The second-order valence-corrected chi connectivity index (χ2v) is 8.28. The number of sulfonamides is 1. The first-order valence-corrected chi connectivity index (χ1v) is 10.4. The number of aromatic nitrogens is 1. The summed E-state index contributed by atoms with van der Waals surface area (Å²) in [4.78, 5) is -0.000429. The minimum absolute atomic E-state index is 0.000429. The lowest BCUT2D eigenvalue weighted by Crippen LogP contribution is -2.34. The summed E-state index contributed by atoms with van der Waals surface area (Å²) >= 11 is 7.40. The standard InChI is InChI=1S/C17H12ClFN4O2S2/c18-15-11(3-1-5-13(15)19)12-4-2-6-14-16(12)21-17(23-27(14,24)25)20-9-10-7-8-26-22-10/h1-8H,9H2,(H2,20,21,23). The van der Waals surface area contributed by atoms with Crippen LogP contribution in [0.25, 0.3) is 11.1 Å². The van der Waals surface area contributed by atoms with E-state index >= 15 is 0 Å². The zero-order chi connectivity index (χ0) is 19.0. The topological polar surface area (TPSA) is 83.5 Å². The number of nitrogens with one attached hydrogen (secondary N) is 2. The molecule has 0 atom stereocenters. The van der Waals surface area contributed by atoms with Crippen LogP contribution in [0.5, 0.6) is 0 Å². The number of fused-ring (bicyclic) bond motifs is 1. The van der Waals surface area contributed by atoms with Gasteiger partial charge in [0.15, 0.2) is 0 Å². The molecule has 2 heterocycles. The van der Waals surface area contributed by atoms with Crippen molar-refractivity contribution in [2.45, 2.75) is 11.4 Å². The molecule has 10 heteroatoms. The summed E-state index contributed by atoms with van der Waals surface area (Å²) in [5, 5.41) is 7.65. The van der Waals surface area contributed by atoms with Crippen molar-refractivity contribution in [2.75, 3.05) is 5.32 Å². The molecule has 4 rings (SSSR count).